The summed E-state index contributed by atoms with van der Waals surface area (Å²) in [7, 11) is 0. The van der Waals surface area contributed by atoms with E-state index in [1.165, 1.54) is 0 Å². The van der Waals surface area contributed by atoms with Crippen molar-refractivity contribution in [2.24, 2.45) is 0 Å². The molecule has 3 N–H and O–H groups in total. The highest BCUT2D eigenvalue weighted by atomic mass is 16.6. The summed E-state index contributed by atoms with van der Waals surface area (Å²) in [5.74, 6) is -0.256. The number of amides is 1. The summed E-state index contributed by atoms with van der Waals surface area (Å²) in [6, 6.07) is 0. The van der Waals surface area contributed by atoms with Gasteiger partial charge in [-0.2, -0.15) is 0 Å². The number of aromatic nitrogens is 2. The van der Waals surface area contributed by atoms with E-state index in [-0.39, 0.29) is 23.0 Å². The van der Waals surface area contributed by atoms with Gasteiger partial charge < -0.3 is 11.1 Å². The summed E-state index contributed by atoms with van der Waals surface area (Å²) in [5.41, 5.74) is 5.44. The molecule has 0 aliphatic heterocycles. The molecule has 1 amide bonds. The third-order valence-corrected chi connectivity index (χ3v) is 3.10. The van der Waals surface area contributed by atoms with Gasteiger partial charge in [0.1, 0.15) is 0 Å². The van der Waals surface area contributed by atoms with Crippen molar-refractivity contribution < 1.29 is 9.42 Å². The number of anilines is 1. The van der Waals surface area contributed by atoms with Crippen LogP contribution >= 0.6 is 0 Å². The summed E-state index contributed by atoms with van der Waals surface area (Å²) in [6.07, 6.45) is 4.10. The Morgan fingerprint density at radius 2 is 2.33 bits per heavy atom. The summed E-state index contributed by atoms with van der Waals surface area (Å²) in [6.45, 7) is 2.06. The van der Waals surface area contributed by atoms with E-state index in [2.05, 4.69) is 27.2 Å². The molecule has 1 fully saturated rings. The van der Waals surface area contributed by atoms with E-state index in [0.29, 0.717) is 0 Å². The Balaban J connectivity index is 2.07. The van der Waals surface area contributed by atoms with Gasteiger partial charge in [0, 0.05) is 5.54 Å². The van der Waals surface area contributed by atoms with Gasteiger partial charge in [-0.15, -0.1) is 0 Å². The lowest BCUT2D eigenvalue weighted by Crippen LogP contribution is -2.53. The molecule has 6 nitrogen and oxygen atoms in total. The molecule has 1 aromatic heterocycles. The molecule has 0 unspecified atom stereocenters. The Hall–Kier alpha value is -1.59. The predicted octanol–water partition coefficient (Wildman–Crippen LogP) is 0.714. The number of nitrogen functional groups attached to an aromatic ring is 1. The molecule has 1 aliphatic rings. The Kier molecular flexibility index (Phi) is 2.34. The van der Waals surface area contributed by atoms with Crippen molar-refractivity contribution in [3.05, 3.63) is 5.69 Å². The van der Waals surface area contributed by atoms with Gasteiger partial charge in [0.25, 0.3) is 5.91 Å². The van der Waals surface area contributed by atoms with Crippen molar-refractivity contribution in [2.45, 2.75) is 38.1 Å². The topological polar surface area (TPSA) is 94.0 Å². The van der Waals surface area contributed by atoms with Crippen LogP contribution in [-0.4, -0.2) is 21.8 Å². The van der Waals surface area contributed by atoms with Crippen molar-refractivity contribution in [1.82, 2.24) is 15.6 Å². The normalized spacial score (nSPS) is 18.2. The lowest BCUT2D eigenvalue weighted by atomic mass is 9.75. The molecular weight excluding hydrogens is 196 g/mol. The summed E-state index contributed by atoms with van der Waals surface area (Å²) in [4.78, 5) is 11.7. The van der Waals surface area contributed by atoms with Crippen LogP contribution in [0, 0.1) is 0 Å². The van der Waals surface area contributed by atoms with Crippen LogP contribution in [0.4, 0.5) is 5.82 Å². The lowest BCUT2D eigenvalue weighted by Gasteiger charge is -2.41. The van der Waals surface area contributed by atoms with Gasteiger partial charge in [0.2, 0.25) is 11.5 Å². The molecule has 0 saturated heterocycles. The summed E-state index contributed by atoms with van der Waals surface area (Å²) < 4.78 is 4.38. The monoisotopic (exact) mass is 210 g/mol. The average molecular weight is 210 g/mol. The highest BCUT2D eigenvalue weighted by molar-refractivity contribution is 5.96. The third kappa shape index (κ3) is 1.67. The molecule has 6 heteroatoms. The second kappa shape index (κ2) is 3.52. The van der Waals surface area contributed by atoms with Gasteiger partial charge in [0.15, 0.2) is 0 Å². The minimum Gasteiger partial charge on any atom is -0.379 e. The van der Waals surface area contributed by atoms with Crippen LogP contribution in [0.3, 0.4) is 0 Å². The first kappa shape index (κ1) is 9.95. The van der Waals surface area contributed by atoms with Gasteiger partial charge in [-0.05, 0) is 36.0 Å². The highest BCUT2D eigenvalue weighted by Crippen LogP contribution is 2.34. The van der Waals surface area contributed by atoms with E-state index in [1.54, 1.807) is 0 Å². The van der Waals surface area contributed by atoms with Crippen molar-refractivity contribution in [3.8, 4) is 0 Å². The van der Waals surface area contributed by atoms with E-state index in [9.17, 15) is 4.79 Å². The molecule has 1 aromatic rings. The fourth-order valence-corrected chi connectivity index (χ4v) is 1.82. The molecule has 2 rings (SSSR count). The van der Waals surface area contributed by atoms with Crippen LogP contribution < -0.4 is 11.1 Å². The van der Waals surface area contributed by atoms with Gasteiger partial charge in [-0.1, -0.05) is 6.92 Å². The molecule has 15 heavy (non-hydrogen) atoms. The van der Waals surface area contributed by atoms with Gasteiger partial charge in [0.05, 0.1) is 0 Å². The van der Waals surface area contributed by atoms with E-state index >= 15 is 0 Å². The number of hydrogen-bond donors (Lipinski definition) is 2. The van der Waals surface area contributed by atoms with Gasteiger partial charge in [-0.3, -0.25) is 4.79 Å². The van der Waals surface area contributed by atoms with Crippen molar-refractivity contribution in [3.63, 3.8) is 0 Å². The lowest BCUT2D eigenvalue weighted by molar-refractivity contribution is 0.0811. The highest BCUT2D eigenvalue weighted by Gasteiger charge is 2.37. The molecule has 0 atom stereocenters. The number of hydrogen-bond acceptors (Lipinski definition) is 5. The molecule has 0 spiro atoms. The Bertz CT molecular complexity index is 364. The Labute approximate surface area is 87.2 Å². The van der Waals surface area contributed by atoms with Crippen LogP contribution in [0.5, 0.6) is 0 Å². The summed E-state index contributed by atoms with van der Waals surface area (Å²) >= 11 is 0. The molecular formula is C9H14N4O2. The van der Waals surface area contributed by atoms with E-state index in [4.69, 9.17) is 5.73 Å². The molecule has 0 aromatic carbocycles. The first-order chi connectivity index (χ1) is 7.17. The van der Waals surface area contributed by atoms with E-state index in [1.807, 2.05) is 0 Å². The molecule has 0 radical (unpaired) electrons. The smallest absolute Gasteiger partial charge is 0.277 e. The van der Waals surface area contributed by atoms with Crippen LogP contribution in [-0.2, 0) is 0 Å². The number of nitrogens with two attached hydrogens (primary N) is 1. The molecule has 0 bridgehead atoms. The number of nitrogens with one attached hydrogen (secondary N) is 1. The molecule has 82 valence electrons. The number of rotatable bonds is 3. The standard InChI is InChI=1S/C9H14N4O2/c1-2-9(4-3-5-9)11-8(14)6-7(10)13-15-12-6/h2-5H2,1H3,(H2,10,13)(H,11,14). The largest absolute Gasteiger partial charge is 0.379 e. The zero-order valence-corrected chi connectivity index (χ0v) is 8.62. The summed E-state index contributed by atoms with van der Waals surface area (Å²) in [5, 5.41) is 9.78. The number of carbonyl (C=O) groups is 1. The Morgan fingerprint density at radius 1 is 1.60 bits per heavy atom. The molecule has 1 saturated carbocycles. The predicted molar refractivity (Wildman–Crippen MR) is 53.0 cm³/mol. The number of nitrogens with zero attached hydrogens (tertiary/aromatic N) is 2. The van der Waals surface area contributed by atoms with Gasteiger partial charge >= 0.3 is 0 Å². The maximum atomic E-state index is 11.7. The maximum Gasteiger partial charge on any atom is 0.277 e. The molecule has 1 aliphatic carbocycles. The second-order valence-corrected chi connectivity index (χ2v) is 3.94. The van der Waals surface area contributed by atoms with Gasteiger partial charge in [-0.25, -0.2) is 4.63 Å². The van der Waals surface area contributed by atoms with Crippen molar-refractivity contribution in [1.29, 1.82) is 0 Å². The SMILES string of the molecule is CCC1(NC(=O)c2nonc2N)CCC1. The van der Waals surface area contributed by atoms with Crippen LogP contribution in [0.25, 0.3) is 0 Å². The van der Waals surface area contributed by atoms with Crippen molar-refractivity contribution in [2.75, 3.05) is 5.73 Å². The second-order valence-electron chi connectivity index (χ2n) is 3.94. The maximum absolute atomic E-state index is 11.7. The first-order valence-corrected chi connectivity index (χ1v) is 5.07. The quantitative estimate of drug-likeness (QED) is 0.766. The zero-order valence-electron chi connectivity index (χ0n) is 8.62. The minimum absolute atomic E-state index is 0.0399. The minimum atomic E-state index is -0.296. The fraction of sp³-hybridized carbons (Fsp3) is 0.667. The average Bonchev–Trinajstić information content (AvgIpc) is 2.58. The van der Waals surface area contributed by atoms with Crippen molar-refractivity contribution >= 4 is 11.7 Å². The first-order valence-electron chi connectivity index (χ1n) is 5.07. The fourth-order valence-electron chi connectivity index (χ4n) is 1.82. The van der Waals surface area contributed by atoms with Crippen LogP contribution in [0.2, 0.25) is 0 Å². The third-order valence-electron chi connectivity index (χ3n) is 3.10. The number of carbonyl (C=O) groups excluding carboxylic acids is 1. The van der Waals surface area contributed by atoms with Crippen LogP contribution in [0.15, 0.2) is 4.63 Å². The van der Waals surface area contributed by atoms with E-state index in [0.717, 1.165) is 25.7 Å². The zero-order chi connectivity index (χ0) is 10.9. The van der Waals surface area contributed by atoms with E-state index < -0.39 is 0 Å². The van der Waals surface area contributed by atoms with Crippen LogP contribution in [0.1, 0.15) is 43.1 Å². The molecule has 1 heterocycles. The Morgan fingerprint density at radius 3 is 2.73 bits per heavy atom.